The lowest BCUT2D eigenvalue weighted by atomic mass is 10.1. The molecule has 8 nitrogen and oxygen atoms in total. The summed E-state index contributed by atoms with van der Waals surface area (Å²) in [6.45, 7) is 0.388. The van der Waals surface area contributed by atoms with E-state index in [-0.39, 0.29) is 29.1 Å². The fourth-order valence-corrected chi connectivity index (χ4v) is 5.92. The van der Waals surface area contributed by atoms with Gasteiger partial charge in [0.15, 0.2) is 15.5 Å². The second-order valence-corrected chi connectivity index (χ2v) is 10.8. The molecule has 1 fully saturated rings. The van der Waals surface area contributed by atoms with Crippen LogP contribution in [-0.2, 0) is 16.3 Å². The van der Waals surface area contributed by atoms with Crippen LogP contribution in [0.15, 0.2) is 54.6 Å². The lowest BCUT2D eigenvalue weighted by molar-refractivity contribution is 0.0948. The highest BCUT2D eigenvalue weighted by Crippen LogP contribution is 2.30. The number of fused-ring (bicyclic) bond motifs is 1. The van der Waals surface area contributed by atoms with Crippen molar-refractivity contribution in [3.05, 3.63) is 71.1 Å². The standard InChI is InChI=1S/C23H22ClN5O3S/c24-16-7-5-15(6-8-16)21-13-20(28-29(21)17-10-12-33(31,32)14-17)23(30)25-11-9-22-26-18-3-1-2-4-19(18)27-22/h1-8,13,17H,9-12,14H2,(H,25,30)(H,26,27). The SMILES string of the molecule is O=C(NCCc1nc2ccccc2[nH]1)c1cc(-c2ccc(Cl)cc2)n(C2CCS(=O)(=O)C2)n1. The van der Waals surface area contributed by atoms with Crippen molar-refractivity contribution in [2.24, 2.45) is 0 Å². The molecule has 0 spiro atoms. The summed E-state index contributed by atoms with van der Waals surface area (Å²) < 4.78 is 25.8. The molecule has 3 heterocycles. The first-order valence-electron chi connectivity index (χ1n) is 10.7. The molecule has 1 aliphatic rings. The number of carbonyl (C=O) groups is 1. The second kappa shape index (κ2) is 8.64. The number of sulfone groups is 1. The zero-order valence-electron chi connectivity index (χ0n) is 17.7. The third kappa shape index (κ3) is 4.65. The number of hydrogen-bond acceptors (Lipinski definition) is 5. The summed E-state index contributed by atoms with van der Waals surface area (Å²) in [5.74, 6) is 0.611. The lowest BCUT2D eigenvalue weighted by Crippen LogP contribution is -2.26. The Hall–Kier alpha value is -3.17. The van der Waals surface area contributed by atoms with Crippen LogP contribution in [0.2, 0.25) is 5.02 Å². The number of aromatic amines is 1. The molecule has 1 aliphatic heterocycles. The summed E-state index contributed by atoms with van der Waals surface area (Å²) >= 11 is 6.02. The predicted molar refractivity (Wildman–Crippen MR) is 127 cm³/mol. The van der Waals surface area contributed by atoms with Gasteiger partial charge in [0.2, 0.25) is 0 Å². The quantitative estimate of drug-likeness (QED) is 0.436. The van der Waals surface area contributed by atoms with Crippen molar-refractivity contribution >= 4 is 38.4 Å². The van der Waals surface area contributed by atoms with E-state index in [2.05, 4.69) is 20.4 Å². The maximum absolute atomic E-state index is 12.8. The highest BCUT2D eigenvalue weighted by molar-refractivity contribution is 7.91. The summed E-state index contributed by atoms with van der Waals surface area (Å²) in [5, 5.41) is 7.98. The van der Waals surface area contributed by atoms with Crippen LogP contribution in [0.4, 0.5) is 0 Å². The molecule has 1 atom stereocenters. The van der Waals surface area contributed by atoms with Gasteiger partial charge in [0, 0.05) is 18.0 Å². The van der Waals surface area contributed by atoms with Crippen molar-refractivity contribution < 1.29 is 13.2 Å². The molecule has 170 valence electrons. The minimum Gasteiger partial charge on any atom is -0.350 e. The number of para-hydroxylation sites is 2. The van der Waals surface area contributed by atoms with Crippen molar-refractivity contribution in [2.75, 3.05) is 18.1 Å². The van der Waals surface area contributed by atoms with Crippen molar-refractivity contribution in [3.8, 4) is 11.3 Å². The summed E-state index contributed by atoms with van der Waals surface area (Å²) in [6, 6.07) is 16.3. The maximum atomic E-state index is 12.8. The first-order chi connectivity index (χ1) is 15.9. The van der Waals surface area contributed by atoms with E-state index in [1.165, 1.54) is 0 Å². The monoisotopic (exact) mass is 483 g/mol. The van der Waals surface area contributed by atoms with E-state index in [0.717, 1.165) is 22.4 Å². The smallest absolute Gasteiger partial charge is 0.271 e. The normalized spacial score (nSPS) is 17.4. The Balaban J connectivity index is 1.35. The van der Waals surface area contributed by atoms with E-state index < -0.39 is 9.84 Å². The van der Waals surface area contributed by atoms with Crippen molar-refractivity contribution in [2.45, 2.75) is 18.9 Å². The number of benzene rings is 2. The number of halogens is 1. The van der Waals surface area contributed by atoms with Crippen molar-refractivity contribution in [3.63, 3.8) is 0 Å². The molecule has 0 aliphatic carbocycles. The molecule has 4 aromatic rings. The van der Waals surface area contributed by atoms with Gasteiger partial charge in [-0.2, -0.15) is 5.10 Å². The molecular formula is C23H22ClN5O3S. The van der Waals surface area contributed by atoms with Crippen molar-refractivity contribution in [1.29, 1.82) is 0 Å². The van der Waals surface area contributed by atoms with Crippen LogP contribution in [0.1, 0.15) is 28.8 Å². The van der Waals surface area contributed by atoms with Crippen molar-refractivity contribution in [1.82, 2.24) is 25.1 Å². The minimum atomic E-state index is -3.11. The third-order valence-electron chi connectivity index (χ3n) is 5.75. The van der Waals surface area contributed by atoms with Crippen LogP contribution in [0.5, 0.6) is 0 Å². The number of aromatic nitrogens is 4. The Morgan fingerprint density at radius 3 is 2.70 bits per heavy atom. The molecule has 0 bridgehead atoms. The predicted octanol–water partition coefficient (Wildman–Crippen LogP) is 3.41. The fraction of sp³-hybridized carbons (Fsp3) is 0.261. The topological polar surface area (TPSA) is 110 Å². The Bertz CT molecular complexity index is 1390. The van der Waals surface area contributed by atoms with E-state index in [1.807, 2.05) is 36.4 Å². The number of carbonyl (C=O) groups excluding carboxylic acids is 1. The van der Waals surface area contributed by atoms with Gasteiger partial charge in [-0.25, -0.2) is 13.4 Å². The summed E-state index contributed by atoms with van der Waals surface area (Å²) in [7, 11) is -3.11. The van der Waals surface area contributed by atoms with E-state index in [9.17, 15) is 13.2 Å². The van der Waals surface area contributed by atoms with Crippen LogP contribution < -0.4 is 5.32 Å². The molecule has 2 aromatic heterocycles. The summed E-state index contributed by atoms with van der Waals surface area (Å²) in [6.07, 6.45) is 1.02. The Morgan fingerprint density at radius 2 is 1.97 bits per heavy atom. The van der Waals surface area contributed by atoms with E-state index in [0.29, 0.717) is 30.1 Å². The molecule has 33 heavy (non-hydrogen) atoms. The maximum Gasteiger partial charge on any atom is 0.271 e. The Morgan fingerprint density at radius 1 is 1.18 bits per heavy atom. The van der Waals surface area contributed by atoms with Crippen LogP contribution in [0.25, 0.3) is 22.3 Å². The van der Waals surface area contributed by atoms with Gasteiger partial charge in [-0.1, -0.05) is 35.9 Å². The molecule has 10 heteroatoms. The summed E-state index contributed by atoms with van der Waals surface area (Å²) in [4.78, 5) is 20.6. The largest absolute Gasteiger partial charge is 0.350 e. The Labute approximate surface area is 195 Å². The van der Waals surface area contributed by atoms with Gasteiger partial charge in [0.25, 0.3) is 5.91 Å². The molecule has 1 saturated heterocycles. The van der Waals surface area contributed by atoms with Gasteiger partial charge >= 0.3 is 0 Å². The lowest BCUT2D eigenvalue weighted by Gasteiger charge is -2.13. The van der Waals surface area contributed by atoms with Gasteiger partial charge in [0.1, 0.15) is 5.82 Å². The summed E-state index contributed by atoms with van der Waals surface area (Å²) in [5.41, 5.74) is 3.59. The van der Waals surface area contributed by atoms with Gasteiger partial charge in [0.05, 0.1) is 34.3 Å². The Kier molecular flexibility index (Phi) is 5.67. The van der Waals surface area contributed by atoms with Crippen LogP contribution in [-0.4, -0.2) is 52.1 Å². The third-order valence-corrected chi connectivity index (χ3v) is 7.75. The first kappa shape index (κ1) is 21.7. The fourth-order valence-electron chi connectivity index (χ4n) is 4.10. The number of nitrogens with zero attached hydrogens (tertiary/aromatic N) is 3. The van der Waals surface area contributed by atoms with Gasteiger partial charge in [-0.05, 0) is 42.3 Å². The number of imidazole rings is 1. The molecule has 2 N–H and O–H groups in total. The molecule has 1 amide bonds. The highest BCUT2D eigenvalue weighted by atomic mass is 35.5. The number of rotatable bonds is 6. The van der Waals surface area contributed by atoms with E-state index in [1.54, 1.807) is 22.9 Å². The van der Waals surface area contributed by atoms with E-state index >= 15 is 0 Å². The number of nitrogens with one attached hydrogen (secondary N) is 2. The average Bonchev–Trinajstić information content (AvgIpc) is 3.50. The molecular weight excluding hydrogens is 462 g/mol. The van der Waals surface area contributed by atoms with Crippen LogP contribution in [0.3, 0.4) is 0 Å². The molecule has 0 radical (unpaired) electrons. The van der Waals surface area contributed by atoms with Gasteiger partial charge < -0.3 is 10.3 Å². The van der Waals surface area contributed by atoms with E-state index in [4.69, 9.17) is 11.6 Å². The molecule has 2 aromatic carbocycles. The van der Waals surface area contributed by atoms with Crippen LogP contribution in [0, 0.1) is 0 Å². The highest BCUT2D eigenvalue weighted by Gasteiger charge is 2.32. The van der Waals surface area contributed by atoms with Gasteiger partial charge in [-0.3, -0.25) is 9.48 Å². The average molecular weight is 484 g/mol. The molecule has 0 saturated carbocycles. The number of hydrogen-bond donors (Lipinski definition) is 2. The number of H-pyrrole nitrogens is 1. The minimum absolute atomic E-state index is 0.0163. The zero-order chi connectivity index (χ0) is 23.0. The molecule has 1 unspecified atom stereocenters. The van der Waals surface area contributed by atoms with Crippen LogP contribution >= 0.6 is 11.6 Å². The van der Waals surface area contributed by atoms with Gasteiger partial charge in [-0.15, -0.1) is 0 Å². The molecule has 5 rings (SSSR count). The first-order valence-corrected chi connectivity index (χ1v) is 12.9. The second-order valence-electron chi connectivity index (χ2n) is 8.13. The number of amides is 1. The zero-order valence-corrected chi connectivity index (χ0v) is 19.2.